The monoisotopic (exact) mass is 471 g/mol. The molecular weight excluding hydrogens is 438 g/mol. The highest BCUT2D eigenvalue weighted by Gasteiger charge is 2.29. The average molecular weight is 472 g/mol. The van der Waals surface area contributed by atoms with Gasteiger partial charge in [0.1, 0.15) is 5.00 Å². The van der Waals surface area contributed by atoms with E-state index in [2.05, 4.69) is 53.2 Å². The van der Waals surface area contributed by atoms with Crippen LogP contribution in [0.1, 0.15) is 59.5 Å². The molecule has 2 heterocycles. The molecule has 1 unspecified atom stereocenters. The molecule has 5 nitrogen and oxygen atoms in total. The van der Waals surface area contributed by atoms with E-state index in [0.717, 1.165) is 43.9 Å². The molecule has 1 aromatic carbocycles. The minimum Gasteiger partial charge on any atom is -0.462 e. The number of rotatable bonds is 4. The molecule has 0 saturated carbocycles. The topological polar surface area (TPSA) is 44.8 Å². The Hall–Kier alpha value is -2.12. The van der Waals surface area contributed by atoms with Gasteiger partial charge in [0.05, 0.1) is 12.2 Å². The molecule has 1 aliphatic carbocycles. The zero-order valence-electron chi connectivity index (χ0n) is 19.3. The molecule has 0 radical (unpaired) electrons. The van der Waals surface area contributed by atoms with Gasteiger partial charge in [-0.25, -0.2) is 4.79 Å². The first-order valence-corrected chi connectivity index (χ1v) is 12.9. The van der Waals surface area contributed by atoms with E-state index in [1.165, 1.54) is 34.5 Å². The lowest BCUT2D eigenvalue weighted by molar-refractivity contribution is 0.0527. The summed E-state index contributed by atoms with van der Waals surface area (Å²) in [5, 5.41) is 4.99. The zero-order chi connectivity index (χ0) is 22.7. The Morgan fingerprint density at radius 2 is 1.94 bits per heavy atom. The highest BCUT2D eigenvalue weighted by atomic mass is 32.1. The van der Waals surface area contributed by atoms with Crippen molar-refractivity contribution < 1.29 is 9.53 Å². The quantitative estimate of drug-likeness (QED) is 0.365. The molecule has 1 atom stereocenters. The van der Waals surface area contributed by atoms with Crippen molar-refractivity contribution in [2.75, 3.05) is 36.5 Å². The van der Waals surface area contributed by atoms with E-state index in [4.69, 9.17) is 17.0 Å². The molecule has 1 aliphatic heterocycles. The number of fused-ring (bicyclic) bond motifs is 1. The molecule has 7 heteroatoms. The van der Waals surface area contributed by atoms with Gasteiger partial charge in [-0.2, -0.15) is 0 Å². The van der Waals surface area contributed by atoms with Gasteiger partial charge in [0.25, 0.3) is 0 Å². The maximum atomic E-state index is 12.8. The van der Waals surface area contributed by atoms with Gasteiger partial charge in [-0.1, -0.05) is 24.1 Å². The maximum Gasteiger partial charge on any atom is 0.341 e. The summed E-state index contributed by atoms with van der Waals surface area (Å²) in [6, 6.07) is 9.07. The summed E-state index contributed by atoms with van der Waals surface area (Å²) in [5.41, 5.74) is 4.42. The highest BCUT2D eigenvalue weighted by molar-refractivity contribution is 7.80. The number of ether oxygens (including phenoxy) is 1. The number of esters is 1. The molecule has 1 fully saturated rings. The summed E-state index contributed by atoms with van der Waals surface area (Å²) in [4.78, 5) is 18.8. The van der Waals surface area contributed by atoms with Crippen molar-refractivity contribution >= 4 is 45.3 Å². The second-order valence-corrected chi connectivity index (χ2v) is 10.2. The van der Waals surface area contributed by atoms with Gasteiger partial charge >= 0.3 is 5.97 Å². The predicted octanol–water partition coefficient (Wildman–Crippen LogP) is 5.41. The number of benzene rings is 1. The number of nitrogens with zero attached hydrogens (tertiary/aromatic N) is 2. The van der Waals surface area contributed by atoms with Crippen LogP contribution in [0.25, 0.3) is 0 Å². The first-order valence-electron chi connectivity index (χ1n) is 11.7. The number of nitrogens with one attached hydrogen (secondary N) is 1. The Labute approximate surface area is 200 Å². The molecule has 1 N–H and O–H groups in total. The Kier molecular flexibility index (Phi) is 7.36. The molecule has 0 bridgehead atoms. The van der Waals surface area contributed by atoms with Gasteiger partial charge in [0, 0.05) is 36.2 Å². The third-order valence-electron chi connectivity index (χ3n) is 6.40. The summed E-state index contributed by atoms with van der Waals surface area (Å²) in [5.74, 6) is -0.227. The van der Waals surface area contributed by atoms with E-state index in [9.17, 15) is 4.79 Å². The second-order valence-electron chi connectivity index (χ2n) is 8.74. The van der Waals surface area contributed by atoms with Crippen LogP contribution in [0.5, 0.6) is 0 Å². The SMILES string of the molecule is CCOC(=O)c1c(NC(=S)N2CCN(c3ccc(C)cc3)C(C)C2)sc2c1CCCCC2. The highest BCUT2D eigenvalue weighted by Crippen LogP contribution is 2.38. The number of thiophene rings is 1. The van der Waals surface area contributed by atoms with Gasteiger partial charge < -0.3 is 19.9 Å². The molecule has 2 aliphatic rings. The number of aryl methyl sites for hydroxylation is 2. The van der Waals surface area contributed by atoms with Crippen molar-refractivity contribution in [2.24, 2.45) is 0 Å². The standard InChI is InChI=1S/C25H33N3O2S2/c1-4-30-24(29)22-20-8-6-5-7-9-21(20)32-23(22)26-25(31)27-14-15-28(18(3)16-27)19-12-10-17(2)11-13-19/h10-13,18H,4-9,14-16H2,1-3H3,(H,26,31). The Bertz CT molecular complexity index is 970. The van der Waals surface area contributed by atoms with Crippen LogP contribution in [0, 0.1) is 6.92 Å². The first-order chi connectivity index (χ1) is 15.5. The van der Waals surface area contributed by atoms with Crippen molar-refractivity contribution in [1.82, 2.24) is 4.90 Å². The lowest BCUT2D eigenvalue weighted by Gasteiger charge is -2.42. The van der Waals surface area contributed by atoms with Crippen LogP contribution in [0.2, 0.25) is 0 Å². The summed E-state index contributed by atoms with van der Waals surface area (Å²) < 4.78 is 5.41. The van der Waals surface area contributed by atoms with Crippen molar-refractivity contribution in [3.63, 3.8) is 0 Å². The van der Waals surface area contributed by atoms with Gasteiger partial charge in [0.15, 0.2) is 5.11 Å². The third-order valence-corrected chi connectivity index (χ3v) is 7.97. The molecular formula is C25H33N3O2S2. The van der Waals surface area contributed by atoms with Gasteiger partial charge in [0.2, 0.25) is 0 Å². The molecule has 2 aromatic rings. The summed E-state index contributed by atoms with van der Waals surface area (Å²) in [6.07, 6.45) is 5.50. The van der Waals surface area contributed by atoms with Crippen LogP contribution >= 0.6 is 23.6 Å². The molecule has 172 valence electrons. The van der Waals surface area contributed by atoms with Crippen molar-refractivity contribution in [1.29, 1.82) is 0 Å². The van der Waals surface area contributed by atoms with E-state index < -0.39 is 0 Å². The van der Waals surface area contributed by atoms with Crippen LogP contribution in [0.3, 0.4) is 0 Å². The second kappa shape index (κ2) is 10.2. The summed E-state index contributed by atoms with van der Waals surface area (Å²) >= 11 is 7.50. The Balaban J connectivity index is 1.48. The predicted molar refractivity (Wildman–Crippen MR) is 137 cm³/mol. The minimum atomic E-state index is -0.227. The summed E-state index contributed by atoms with van der Waals surface area (Å²) in [6.45, 7) is 9.21. The van der Waals surface area contributed by atoms with Crippen LogP contribution in [0.15, 0.2) is 24.3 Å². The van der Waals surface area contributed by atoms with Gasteiger partial charge in [-0.3, -0.25) is 0 Å². The van der Waals surface area contributed by atoms with Crippen LogP contribution in [-0.4, -0.2) is 48.3 Å². The Morgan fingerprint density at radius 3 is 2.66 bits per heavy atom. The van der Waals surface area contributed by atoms with E-state index in [0.29, 0.717) is 23.3 Å². The molecule has 1 saturated heterocycles. The van der Waals surface area contributed by atoms with Gasteiger partial charge in [-0.05, 0) is 76.4 Å². The van der Waals surface area contributed by atoms with E-state index in [1.807, 2.05) is 6.92 Å². The fourth-order valence-corrected chi connectivity index (χ4v) is 6.30. The van der Waals surface area contributed by atoms with Gasteiger partial charge in [-0.15, -0.1) is 11.3 Å². The smallest absolute Gasteiger partial charge is 0.341 e. The van der Waals surface area contributed by atoms with Crippen LogP contribution < -0.4 is 10.2 Å². The van der Waals surface area contributed by atoms with Crippen LogP contribution in [-0.2, 0) is 17.6 Å². The zero-order valence-corrected chi connectivity index (χ0v) is 20.9. The molecule has 4 rings (SSSR count). The number of carbonyl (C=O) groups is 1. The number of thiocarbonyl (C=S) groups is 1. The summed E-state index contributed by atoms with van der Waals surface area (Å²) in [7, 11) is 0. The molecule has 32 heavy (non-hydrogen) atoms. The number of hydrogen-bond acceptors (Lipinski definition) is 5. The average Bonchev–Trinajstić information content (AvgIpc) is 2.95. The van der Waals surface area contributed by atoms with Crippen molar-refractivity contribution in [3.05, 3.63) is 45.8 Å². The largest absolute Gasteiger partial charge is 0.462 e. The number of hydrogen-bond donors (Lipinski definition) is 1. The van der Waals surface area contributed by atoms with Crippen molar-refractivity contribution in [3.8, 4) is 0 Å². The molecule has 0 amide bonds. The number of anilines is 2. The van der Waals surface area contributed by atoms with Crippen LogP contribution in [0.4, 0.5) is 10.7 Å². The minimum absolute atomic E-state index is 0.227. The fraction of sp³-hybridized carbons (Fsp3) is 0.520. The third kappa shape index (κ3) is 4.94. The van der Waals surface area contributed by atoms with Crippen molar-refractivity contribution in [2.45, 2.75) is 58.9 Å². The normalized spacial score (nSPS) is 18.7. The fourth-order valence-electron chi connectivity index (χ4n) is 4.69. The van der Waals surface area contributed by atoms with E-state index in [-0.39, 0.29) is 5.97 Å². The van der Waals surface area contributed by atoms with E-state index >= 15 is 0 Å². The Morgan fingerprint density at radius 1 is 1.19 bits per heavy atom. The van der Waals surface area contributed by atoms with E-state index in [1.54, 1.807) is 11.3 Å². The lowest BCUT2D eigenvalue weighted by Crippen LogP contribution is -2.54. The molecule has 1 aromatic heterocycles. The first kappa shape index (κ1) is 23.1. The number of carbonyl (C=O) groups excluding carboxylic acids is 1. The number of piperazine rings is 1. The molecule has 0 spiro atoms. The lowest BCUT2D eigenvalue weighted by atomic mass is 10.1. The maximum absolute atomic E-state index is 12.8.